The van der Waals surface area contributed by atoms with Crippen LogP contribution in [0.5, 0.6) is 23.0 Å². The Balaban J connectivity index is 1.40. The van der Waals surface area contributed by atoms with Gasteiger partial charge in [-0.25, -0.2) is 0 Å². The summed E-state index contributed by atoms with van der Waals surface area (Å²) in [4.78, 5) is 12.2. The molecule has 6 heteroatoms. The highest BCUT2D eigenvalue weighted by Crippen LogP contribution is 2.33. The number of carbonyl (C=O) groups excluding carboxylic acids is 1. The van der Waals surface area contributed by atoms with Crippen LogP contribution in [0.1, 0.15) is 24.8 Å². The van der Waals surface area contributed by atoms with Gasteiger partial charge in [-0.05, 0) is 47.9 Å². The molecule has 0 spiro atoms. The molecule has 0 radical (unpaired) electrons. The SMILES string of the molecule is COc1ccc(OCCNC(=O)CC(C)c2ccc3c(c2)OCCO3)cc1. The molecule has 0 saturated carbocycles. The maximum Gasteiger partial charge on any atom is 0.220 e. The van der Waals surface area contributed by atoms with Crippen molar-refractivity contribution in [3.63, 3.8) is 0 Å². The zero-order valence-electron chi connectivity index (χ0n) is 15.7. The summed E-state index contributed by atoms with van der Waals surface area (Å²) in [6.07, 6.45) is 0.405. The molecular formula is C21H25NO5. The first-order valence-electron chi connectivity index (χ1n) is 9.09. The van der Waals surface area contributed by atoms with Crippen molar-refractivity contribution < 1.29 is 23.7 Å². The van der Waals surface area contributed by atoms with E-state index in [-0.39, 0.29) is 11.8 Å². The summed E-state index contributed by atoms with van der Waals surface area (Å²) in [6, 6.07) is 13.2. The van der Waals surface area contributed by atoms with Gasteiger partial charge in [-0.3, -0.25) is 4.79 Å². The van der Waals surface area contributed by atoms with Gasteiger partial charge in [-0.2, -0.15) is 0 Å². The van der Waals surface area contributed by atoms with Crippen LogP contribution in [0.15, 0.2) is 42.5 Å². The van der Waals surface area contributed by atoms with Crippen molar-refractivity contribution in [3.05, 3.63) is 48.0 Å². The minimum Gasteiger partial charge on any atom is -0.497 e. The lowest BCUT2D eigenvalue weighted by Crippen LogP contribution is -2.28. The molecule has 1 atom stereocenters. The van der Waals surface area contributed by atoms with Crippen molar-refractivity contribution in [1.29, 1.82) is 0 Å². The maximum atomic E-state index is 12.2. The van der Waals surface area contributed by atoms with E-state index in [0.29, 0.717) is 32.8 Å². The Morgan fingerprint density at radius 2 is 1.78 bits per heavy atom. The number of fused-ring (bicyclic) bond motifs is 1. The minimum atomic E-state index is -0.00396. The molecule has 1 aliphatic heterocycles. The lowest BCUT2D eigenvalue weighted by atomic mass is 9.97. The van der Waals surface area contributed by atoms with Gasteiger partial charge >= 0.3 is 0 Å². The Hall–Kier alpha value is -2.89. The summed E-state index contributed by atoms with van der Waals surface area (Å²) in [6.45, 7) is 4.02. The number of amides is 1. The highest BCUT2D eigenvalue weighted by Gasteiger charge is 2.16. The third-order valence-electron chi connectivity index (χ3n) is 4.38. The molecule has 1 amide bonds. The van der Waals surface area contributed by atoms with Gasteiger partial charge in [-0.1, -0.05) is 13.0 Å². The third kappa shape index (κ3) is 5.29. The second kappa shape index (κ2) is 9.16. The predicted molar refractivity (Wildman–Crippen MR) is 102 cm³/mol. The van der Waals surface area contributed by atoms with Crippen LogP contribution in [0.3, 0.4) is 0 Å². The molecule has 6 nitrogen and oxygen atoms in total. The quantitative estimate of drug-likeness (QED) is 0.722. The minimum absolute atomic E-state index is 0.00396. The van der Waals surface area contributed by atoms with Gasteiger partial charge in [0.05, 0.1) is 13.7 Å². The van der Waals surface area contributed by atoms with E-state index in [1.165, 1.54) is 0 Å². The number of hydrogen-bond acceptors (Lipinski definition) is 5. The number of nitrogens with one attached hydrogen (secondary N) is 1. The normalized spacial score (nSPS) is 13.6. The van der Waals surface area contributed by atoms with Crippen molar-refractivity contribution in [2.45, 2.75) is 19.3 Å². The number of hydrogen-bond donors (Lipinski definition) is 1. The zero-order chi connectivity index (χ0) is 19.1. The fourth-order valence-corrected chi connectivity index (χ4v) is 2.87. The van der Waals surface area contributed by atoms with Crippen LogP contribution in [0.25, 0.3) is 0 Å². The van der Waals surface area contributed by atoms with E-state index in [4.69, 9.17) is 18.9 Å². The molecule has 3 rings (SSSR count). The average molecular weight is 371 g/mol. The molecule has 0 bridgehead atoms. The monoisotopic (exact) mass is 371 g/mol. The van der Waals surface area contributed by atoms with E-state index < -0.39 is 0 Å². The van der Waals surface area contributed by atoms with Crippen LogP contribution in [0.2, 0.25) is 0 Å². The lowest BCUT2D eigenvalue weighted by molar-refractivity contribution is -0.121. The standard InChI is InChI=1S/C21H25NO5/c1-15(16-3-8-19-20(14-16)27-12-11-26-19)13-21(23)22-9-10-25-18-6-4-17(24-2)5-7-18/h3-8,14-15H,9-13H2,1-2H3,(H,22,23). The molecule has 1 aliphatic rings. The Morgan fingerprint density at radius 3 is 2.52 bits per heavy atom. The van der Waals surface area contributed by atoms with Crippen molar-refractivity contribution in [3.8, 4) is 23.0 Å². The molecule has 27 heavy (non-hydrogen) atoms. The predicted octanol–water partition coefficient (Wildman–Crippen LogP) is 3.16. The first kappa shape index (κ1) is 18.9. The van der Waals surface area contributed by atoms with Crippen molar-refractivity contribution >= 4 is 5.91 Å². The van der Waals surface area contributed by atoms with E-state index in [1.54, 1.807) is 7.11 Å². The fourth-order valence-electron chi connectivity index (χ4n) is 2.87. The zero-order valence-corrected chi connectivity index (χ0v) is 15.7. The molecule has 2 aromatic carbocycles. The van der Waals surface area contributed by atoms with Gasteiger partial charge in [0.2, 0.25) is 5.91 Å². The fraction of sp³-hybridized carbons (Fsp3) is 0.381. The van der Waals surface area contributed by atoms with E-state index in [9.17, 15) is 4.79 Å². The Bertz CT molecular complexity index is 760. The van der Waals surface area contributed by atoms with Crippen LogP contribution < -0.4 is 24.3 Å². The highest BCUT2D eigenvalue weighted by molar-refractivity contribution is 5.76. The molecular weight excluding hydrogens is 346 g/mol. The third-order valence-corrected chi connectivity index (χ3v) is 4.38. The second-order valence-corrected chi connectivity index (χ2v) is 6.38. The molecule has 1 unspecified atom stereocenters. The van der Waals surface area contributed by atoms with Crippen molar-refractivity contribution in [2.24, 2.45) is 0 Å². The topological polar surface area (TPSA) is 66.0 Å². The molecule has 1 N–H and O–H groups in total. The Kier molecular flexibility index (Phi) is 6.41. The molecule has 1 heterocycles. The number of ether oxygens (including phenoxy) is 4. The van der Waals surface area contributed by atoms with Gasteiger partial charge in [-0.15, -0.1) is 0 Å². The molecule has 2 aromatic rings. The van der Waals surface area contributed by atoms with Crippen LogP contribution >= 0.6 is 0 Å². The van der Waals surface area contributed by atoms with E-state index in [2.05, 4.69) is 5.32 Å². The number of methoxy groups -OCH3 is 1. The Labute approximate surface area is 159 Å². The largest absolute Gasteiger partial charge is 0.497 e. The summed E-state index contributed by atoms with van der Waals surface area (Å²) in [5.41, 5.74) is 1.06. The van der Waals surface area contributed by atoms with E-state index >= 15 is 0 Å². The second-order valence-electron chi connectivity index (χ2n) is 6.38. The van der Waals surface area contributed by atoms with Gasteiger partial charge in [0.1, 0.15) is 31.3 Å². The lowest BCUT2D eigenvalue weighted by Gasteiger charge is -2.20. The summed E-state index contributed by atoms with van der Waals surface area (Å²) in [7, 11) is 1.62. The molecule has 0 aliphatic carbocycles. The number of carbonyl (C=O) groups is 1. The van der Waals surface area contributed by atoms with Gasteiger partial charge < -0.3 is 24.3 Å². The summed E-state index contributed by atoms with van der Waals surface area (Å²) in [5.74, 6) is 3.12. The summed E-state index contributed by atoms with van der Waals surface area (Å²) >= 11 is 0. The van der Waals surface area contributed by atoms with Gasteiger partial charge in [0.15, 0.2) is 11.5 Å². The first-order valence-corrected chi connectivity index (χ1v) is 9.09. The molecule has 0 aromatic heterocycles. The smallest absolute Gasteiger partial charge is 0.220 e. The molecule has 144 valence electrons. The van der Waals surface area contributed by atoms with Crippen molar-refractivity contribution in [1.82, 2.24) is 5.32 Å². The van der Waals surface area contributed by atoms with Crippen LogP contribution in [0.4, 0.5) is 0 Å². The van der Waals surface area contributed by atoms with Gasteiger partial charge in [0, 0.05) is 6.42 Å². The number of rotatable bonds is 8. The summed E-state index contributed by atoms with van der Waals surface area (Å²) < 4.78 is 21.8. The summed E-state index contributed by atoms with van der Waals surface area (Å²) in [5, 5.41) is 2.89. The first-order chi connectivity index (χ1) is 13.2. The van der Waals surface area contributed by atoms with E-state index in [1.807, 2.05) is 49.4 Å². The maximum absolute atomic E-state index is 12.2. The van der Waals surface area contributed by atoms with E-state index in [0.717, 1.165) is 28.6 Å². The van der Waals surface area contributed by atoms with Crippen LogP contribution in [0, 0.1) is 0 Å². The average Bonchev–Trinajstić information content (AvgIpc) is 2.71. The van der Waals surface area contributed by atoms with Crippen LogP contribution in [-0.2, 0) is 4.79 Å². The van der Waals surface area contributed by atoms with Crippen LogP contribution in [-0.4, -0.2) is 39.4 Å². The highest BCUT2D eigenvalue weighted by atomic mass is 16.6. The van der Waals surface area contributed by atoms with Gasteiger partial charge in [0.25, 0.3) is 0 Å². The van der Waals surface area contributed by atoms with Crippen molar-refractivity contribution in [2.75, 3.05) is 33.5 Å². The number of benzene rings is 2. The Morgan fingerprint density at radius 1 is 1.07 bits per heavy atom. The molecule has 0 saturated heterocycles. The molecule has 0 fully saturated rings.